The zero-order valence-corrected chi connectivity index (χ0v) is 15.5. The van der Waals surface area contributed by atoms with Gasteiger partial charge in [0.1, 0.15) is 11.9 Å². The lowest BCUT2D eigenvalue weighted by Gasteiger charge is -2.23. The first-order valence-electron chi connectivity index (χ1n) is 8.40. The molecule has 1 amide bonds. The number of aromatic nitrogens is 3. The molecule has 0 bridgehead atoms. The lowest BCUT2D eigenvalue weighted by molar-refractivity contribution is 0.0995. The number of halogens is 1. The number of rotatable bonds is 7. The Morgan fingerprint density at radius 1 is 1.37 bits per heavy atom. The summed E-state index contributed by atoms with van der Waals surface area (Å²) in [4.78, 5) is 11.2. The smallest absolute Gasteiger partial charge is 0.270 e. The molecule has 1 aliphatic heterocycles. The lowest BCUT2D eigenvalue weighted by atomic mass is 10.2. The SMILES string of the molecule is CCOc1ccc(S(=O)(=O)N2CC(F)CC2Cn2cc(C(N)=O)nn2)cc1. The fraction of sp³-hybridized carbons (Fsp3) is 0.438. The minimum Gasteiger partial charge on any atom is -0.494 e. The predicted octanol–water partition coefficient (Wildman–Crippen LogP) is 0.577. The second kappa shape index (κ2) is 7.61. The molecule has 1 fully saturated rings. The maximum Gasteiger partial charge on any atom is 0.270 e. The highest BCUT2D eigenvalue weighted by Crippen LogP contribution is 2.29. The van der Waals surface area contributed by atoms with Crippen molar-refractivity contribution in [1.82, 2.24) is 19.3 Å². The van der Waals surface area contributed by atoms with E-state index < -0.39 is 28.1 Å². The van der Waals surface area contributed by atoms with Crippen molar-refractivity contribution in [3.63, 3.8) is 0 Å². The fourth-order valence-corrected chi connectivity index (χ4v) is 4.67. The van der Waals surface area contributed by atoms with Crippen molar-refractivity contribution < 1.29 is 22.3 Å². The highest BCUT2D eigenvalue weighted by molar-refractivity contribution is 7.89. The Hall–Kier alpha value is -2.53. The molecule has 1 aromatic carbocycles. The summed E-state index contributed by atoms with van der Waals surface area (Å²) in [7, 11) is -3.90. The third-order valence-corrected chi connectivity index (χ3v) is 6.18. The molecule has 9 nitrogen and oxygen atoms in total. The number of sulfonamides is 1. The van der Waals surface area contributed by atoms with Gasteiger partial charge in [-0.15, -0.1) is 5.10 Å². The van der Waals surface area contributed by atoms with Crippen molar-refractivity contribution in [2.45, 2.75) is 37.0 Å². The molecule has 1 saturated heterocycles. The van der Waals surface area contributed by atoms with Gasteiger partial charge in [0.05, 0.1) is 24.2 Å². The maximum absolute atomic E-state index is 14.0. The average molecular weight is 397 g/mol. The summed E-state index contributed by atoms with van der Waals surface area (Å²) in [6.45, 7) is 2.12. The molecule has 0 aliphatic carbocycles. The van der Waals surface area contributed by atoms with E-state index in [1.54, 1.807) is 12.1 Å². The van der Waals surface area contributed by atoms with Crippen LogP contribution in [0.4, 0.5) is 4.39 Å². The molecule has 2 N–H and O–H groups in total. The molecule has 3 rings (SSSR count). The van der Waals surface area contributed by atoms with Gasteiger partial charge in [-0.25, -0.2) is 12.8 Å². The van der Waals surface area contributed by atoms with Gasteiger partial charge in [0, 0.05) is 12.6 Å². The standard InChI is InChI=1S/C16H20FN5O4S/c1-2-26-13-3-5-14(6-4-13)27(24,25)22-8-11(17)7-12(22)9-21-10-15(16(18)23)19-20-21/h3-6,10-12H,2,7-9H2,1H3,(H2,18,23). The highest BCUT2D eigenvalue weighted by Gasteiger charge is 2.40. The van der Waals surface area contributed by atoms with E-state index in [1.807, 2.05) is 6.92 Å². The van der Waals surface area contributed by atoms with Gasteiger partial charge in [-0.1, -0.05) is 5.21 Å². The average Bonchev–Trinajstić information content (AvgIpc) is 3.23. The van der Waals surface area contributed by atoms with Gasteiger partial charge in [-0.2, -0.15) is 4.31 Å². The summed E-state index contributed by atoms with van der Waals surface area (Å²) in [6, 6.07) is 5.34. The van der Waals surface area contributed by atoms with E-state index in [0.717, 1.165) is 4.31 Å². The van der Waals surface area contributed by atoms with E-state index in [9.17, 15) is 17.6 Å². The molecular weight excluding hydrogens is 377 g/mol. The van der Waals surface area contributed by atoms with E-state index in [0.29, 0.717) is 12.4 Å². The van der Waals surface area contributed by atoms with Crippen LogP contribution in [-0.4, -0.2) is 59.0 Å². The summed E-state index contributed by atoms with van der Waals surface area (Å²) in [5, 5.41) is 7.36. The summed E-state index contributed by atoms with van der Waals surface area (Å²) in [5.41, 5.74) is 5.10. The lowest BCUT2D eigenvalue weighted by Crippen LogP contribution is -2.38. The summed E-state index contributed by atoms with van der Waals surface area (Å²) < 4.78 is 47.7. The van der Waals surface area contributed by atoms with Gasteiger partial charge in [0.15, 0.2) is 5.69 Å². The third kappa shape index (κ3) is 4.08. The van der Waals surface area contributed by atoms with Gasteiger partial charge < -0.3 is 10.5 Å². The first-order valence-corrected chi connectivity index (χ1v) is 9.84. The van der Waals surface area contributed by atoms with Gasteiger partial charge in [-0.05, 0) is 37.6 Å². The molecule has 2 heterocycles. The fourth-order valence-electron chi connectivity index (χ4n) is 3.02. The van der Waals surface area contributed by atoms with Crippen LogP contribution in [-0.2, 0) is 16.6 Å². The number of nitrogens with two attached hydrogens (primary N) is 1. The number of hydrogen-bond donors (Lipinski definition) is 1. The van der Waals surface area contributed by atoms with Crippen molar-refractivity contribution in [1.29, 1.82) is 0 Å². The molecule has 2 unspecified atom stereocenters. The number of ether oxygens (including phenoxy) is 1. The van der Waals surface area contributed by atoms with Crippen molar-refractivity contribution in [3.05, 3.63) is 36.2 Å². The number of carbonyl (C=O) groups is 1. The Balaban J connectivity index is 1.82. The van der Waals surface area contributed by atoms with E-state index in [-0.39, 0.29) is 30.1 Å². The Morgan fingerprint density at radius 2 is 2.07 bits per heavy atom. The minimum absolute atomic E-state index is 0.0298. The molecule has 1 aliphatic rings. The van der Waals surface area contributed by atoms with Crippen LogP contribution < -0.4 is 10.5 Å². The summed E-state index contributed by atoms with van der Waals surface area (Å²) in [5.74, 6) is -0.186. The zero-order valence-electron chi connectivity index (χ0n) is 14.7. The van der Waals surface area contributed by atoms with Gasteiger partial charge in [0.25, 0.3) is 5.91 Å². The zero-order chi connectivity index (χ0) is 19.6. The van der Waals surface area contributed by atoms with Crippen LogP contribution in [0.15, 0.2) is 35.4 Å². The quantitative estimate of drug-likeness (QED) is 0.729. The normalized spacial score (nSPS) is 20.7. The number of amides is 1. The van der Waals surface area contributed by atoms with Crippen LogP contribution in [0.3, 0.4) is 0 Å². The molecular formula is C16H20FN5O4S. The van der Waals surface area contributed by atoms with Crippen molar-refractivity contribution in [3.8, 4) is 5.75 Å². The first kappa shape index (κ1) is 19.2. The topological polar surface area (TPSA) is 120 Å². The number of alkyl halides is 1. The van der Waals surface area contributed by atoms with Crippen LogP contribution >= 0.6 is 0 Å². The second-order valence-electron chi connectivity index (χ2n) is 6.16. The van der Waals surface area contributed by atoms with Crippen LogP contribution in [0.1, 0.15) is 23.8 Å². The van der Waals surface area contributed by atoms with E-state index in [2.05, 4.69) is 10.3 Å². The van der Waals surface area contributed by atoms with Crippen LogP contribution in [0.25, 0.3) is 0 Å². The van der Waals surface area contributed by atoms with E-state index >= 15 is 0 Å². The van der Waals surface area contributed by atoms with Crippen molar-refractivity contribution in [2.75, 3.05) is 13.2 Å². The van der Waals surface area contributed by atoms with E-state index in [4.69, 9.17) is 10.5 Å². The van der Waals surface area contributed by atoms with E-state index in [1.165, 1.54) is 23.0 Å². The monoisotopic (exact) mass is 397 g/mol. The first-order chi connectivity index (χ1) is 12.8. The Morgan fingerprint density at radius 3 is 2.67 bits per heavy atom. The number of primary amides is 1. The summed E-state index contributed by atoms with van der Waals surface area (Å²) in [6.07, 6.45) is 0.0593. The maximum atomic E-state index is 14.0. The van der Waals surface area contributed by atoms with Crippen molar-refractivity contribution in [2.24, 2.45) is 5.73 Å². The molecule has 0 saturated carbocycles. The van der Waals surface area contributed by atoms with Crippen LogP contribution in [0.5, 0.6) is 5.75 Å². The Labute approximate surface area is 155 Å². The molecule has 0 radical (unpaired) electrons. The predicted molar refractivity (Wildman–Crippen MR) is 93.3 cm³/mol. The molecule has 0 spiro atoms. The number of benzene rings is 1. The number of carbonyl (C=O) groups excluding carboxylic acids is 1. The van der Waals surface area contributed by atoms with Gasteiger partial charge >= 0.3 is 0 Å². The number of nitrogens with zero attached hydrogens (tertiary/aromatic N) is 4. The summed E-state index contributed by atoms with van der Waals surface area (Å²) >= 11 is 0. The highest BCUT2D eigenvalue weighted by atomic mass is 32.2. The van der Waals surface area contributed by atoms with Gasteiger partial charge in [0.2, 0.25) is 10.0 Å². The molecule has 1 aromatic heterocycles. The molecule has 27 heavy (non-hydrogen) atoms. The van der Waals surface area contributed by atoms with Gasteiger partial charge in [-0.3, -0.25) is 9.48 Å². The molecule has 2 atom stereocenters. The molecule has 2 aromatic rings. The third-order valence-electron chi connectivity index (χ3n) is 4.24. The Bertz CT molecular complexity index is 915. The molecule has 11 heteroatoms. The second-order valence-corrected chi connectivity index (χ2v) is 8.05. The van der Waals surface area contributed by atoms with Crippen LogP contribution in [0, 0.1) is 0 Å². The largest absolute Gasteiger partial charge is 0.494 e. The number of hydrogen-bond acceptors (Lipinski definition) is 6. The van der Waals surface area contributed by atoms with Crippen LogP contribution in [0.2, 0.25) is 0 Å². The van der Waals surface area contributed by atoms with Crippen molar-refractivity contribution >= 4 is 15.9 Å². The Kier molecular flexibility index (Phi) is 5.42. The minimum atomic E-state index is -3.90. The molecule has 146 valence electrons.